The van der Waals surface area contributed by atoms with E-state index in [4.69, 9.17) is 4.74 Å². The first kappa shape index (κ1) is 13.5. The molecule has 0 aliphatic heterocycles. The summed E-state index contributed by atoms with van der Waals surface area (Å²) in [5.74, 6) is -0.552. The molecule has 96 valence electrons. The number of hydrogen-bond acceptors (Lipinski definition) is 4. The van der Waals surface area contributed by atoms with Gasteiger partial charge in [-0.2, -0.15) is 0 Å². The molecule has 0 saturated heterocycles. The van der Waals surface area contributed by atoms with Gasteiger partial charge in [0, 0.05) is 9.64 Å². The quantitative estimate of drug-likeness (QED) is 0.392. The topological polar surface area (TPSA) is 63.6 Å². The van der Waals surface area contributed by atoms with Crippen LogP contribution in [0.25, 0.3) is 0 Å². The number of ether oxygens (including phenoxy) is 1. The molecule has 0 aliphatic rings. The molecule has 0 unspecified atom stereocenters. The molecule has 5 heteroatoms. The minimum atomic E-state index is -0.519. The maximum Gasteiger partial charge on any atom is 0.343 e. The third kappa shape index (κ3) is 3.31. The summed E-state index contributed by atoms with van der Waals surface area (Å²) in [6.45, 7) is 0. The van der Waals surface area contributed by atoms with Crippen LogP contribution in [0.2, 0.25) is 0 Å². The van der Waals surface area contributed by atoms with E-state index in [9.17, 15) is 14.7 Å². The first-order valence-electron chi connectivity index (χ1n) is 5.36. The van der Waals surface area contributed by atoms with Crippen molar-refractivity contribution in [1.29, 1.82) is 0 Å². The Morgan fingerprint density at radius 1 is 1.16 bits per heavy atom. The molecule has 0 aromatic heterocycles. The molecule has 0 amide bonds. The van der Waals surface area contributed by atoms with E-state index in [0.29, 0.717) is 11.8 Å². The Morgan fingerprint density at radius 2 is 1.84 bits per heavy atom. The van der Waals surface area contributed by atoms with Gasteiger partial charge in [0.15, 0.2) is 6.29 Å². The lowest BCUT2D eigenvalue weighted by molar-refractivity contribution is 0.0734. The fraction of sp³-hybridized carbons (Fsp3) is 0. The molecule has 0 aliphatic carbocycles. The van der Waals surface area contributed by atoms with E-state index in [0.717, 1.165) is 3.57 Å². The molecule has 2 aromatic carbocycles. The maximum atomic E-state index is 11.8. The highest BCUT2D eigenvalue weighted by atomic mass is 127. The molecule has 0 bridgehead atoms. The molecule has 0 atom stereocenters. The molecule has 0 saturated carbocycles. The molecule has 1 N–H and O–H groups in total. The summed E-state index contributed by atoms with van der Waals surface area (Å²) in [4.78, 5) is 22.4. The normalized spacial score (nSPS) is 9.95. The predicted molar refractivity (Wildman–Crippen MR) is 77.6 cm³/mol. The van der Waals surface area contributed by atoms with Crippen LogP contribution in [0.1, 0.15) is 20.7 Å². The number of hydrogen-bond donors (Lipinski definition) is 1. The zero-order chi connectivity index (χ0) is 13.8. The Balaban J connectivity index is 2.17. The van der Waals surface area contributed by atoms with Crippen molar-refractivity contribution >= 4 is 34.8 Å². The number of carbonyl (C=O) groups is 2. The van der Waals surface area contributed by atoms with Gasteiger partial charge in [-0.15, -0.1) is 0 Å². The maximum absolute atomic E-state index is 11.8. The van der Waals surface area contributed by atoms with E-state index in [-0.39, 0.29) is 17.1 Å². The lowest BCUT2D eigenvalue weighted by atomic mass is 10.2. The third-order valence-corrected chi connectivity index (χ3v) is 3.14. The van der Waals surface area contributed by atoms with Crippen molar-refractivity contribution in [2.75, 3.05) is 0 Å². The minimum absolute atomic E-state index is 0.147. The Morgan fingerprint density at radius 3 is 2.42 bits per heavy atom. The van der Waals surface area contributed by atoms with E-state index in [1.54, 1.807) is 24.3 Å². The molecule has 0 spiro atoms. The zero-order valence-electron chi connectivity index (χ0n) is 9.67. The van der Waals surface area contributed by atoms with Gasteiger partial charge in [0.05, 0.1) is 11.1 Å². The van der Waals surface area contributed by atoms with Crippen LogP contribution in [0.4, 0.5) is 0 Å². The van der Waals surface area contributed by atoms with Gasteiger partial charge in [-0.25, -0.2) is 4.79 Å². The van der Waals surface area contributed by atoms with Crippen LogP contribution in [0, 0.1) is 3.57 Å². The summed E-state index contributed by atoms with van der Waals surface area (Å²) < 4.78 is 6.12. The molecule has 0 fully saturated rings. The van der Waals surface area contributed by atoms with Crippen molar-refractivity contribution in [3.8, 4) is 11.5 Å². The van der Waals surface area contributed by atoms with Crippen LogP contribution in [0.15, 0.2) is 42.5 Å². The second-order valence-corrected chi connectivity index (χ2v) is 4.98. The van der Waals surface area contributed by atoms with E-state index in [1.807, 2.05) is 0 Å². The summed E-state index contributed by atoms with van der Waals surface area (Å²) in [6.07, 6.45) is 0.528. The van der Waals surface area contributed by atoms with Crippen LogP contribution in [-0.2, 0) is 0 Å². The molecule has 4 nitrogen and oxygen atoms in total. The van der Waals surface area contributed by atoms with Gasteiger partial charge >= 0.3 is 5.97 Å². The summed E-state index contributed by atoms with van der Waals surface area (Å²) in [6, 6.07) is 11.0. The summed E-state index contributed by atoms with van der Waals surface area (Å²) >= 11 is 2.14. The van der Waals surface area contributed by atoms with Gasteiger partial charge < -0.3 is 9.84 Å². The highest BCUT2D eigenvalue weighted by Gasteiger charge is 2.10. The highest BCUT2D eigenvalue weighted by Crippen LogP contribution is 2.23. The summed E-state index contributed by atoms with van der Waals surface area (Å²) in [5.41, 5.74) is 0.563. The van der Waals surface area contributed by atoms with Gasteiger partial charge in [0.1, 0.15) is 11.5 Å². The molecular formula is C14H9IO4. The van der Waals surface area contributed by atoms with E-state index in [1.165, 1.54) is 18.2 Å². The number of esters is 1. The number of halogens is 1. The minimum Gasteiger partial charge on any atom is -0.507 e. The van der Waals surface area contributed by atoms with Crippen LogP contribution < -0.4 is 4.74 Å². The van der Waals surface area contributed by atoms with E-state index in [2.05, 4.69) is 22.6 Å². The SMILES string of the molecule is O=Cc1ccc(OC(=O)c2ccc(I)cc2)cc1O. The Labute approximate surface area is 123 Å². The number of rotatable bonds is 3. The Bertz CT molecular complexity index is 620. The lowest BCUT2D eigenvalue weighted by Gasteiger charge is -2.05. The fourth-order valence-corrected chi connectivity index (χ4v) is 1.80. The van der Waals surface area contributed by atoms with Gasteiger partial charge in [-0.1, -0.05) is 0 Å². The van der Waals surface area contributed by atoms with E-state index < -0.39 is 5.97 Å². The number of phenols is 1. The second-order valence-electron chi connectivity index (χ2n) is 3.73. The van der Waals surface area contributed by atoms with Crippen LogP contribution in [0.3, 0.4) is 0 Å². The Kier molecular flexibility index (Phi) is 4.16. The summed E-state index contributed by atoms with van der Waals surface area (Å²) in [5, 5.41) is 9.49. The standard InChI is InChI=1S/C14H9IO4/c15-11-4-1-9(2-5-11)14(18)19-12-6-3-10(8-16)13(17)7-12/h1-8,17H. The fourth-order valence-electron chi connectivity index (χ4n) is 1.44. The number of phenolic OH excluding ortho intramolecular Hbond substituents is 1. The van der Waals surface area contributed by atoms with Gasteiger partial charge in [-0.3, -0.25) is 4.79 Å². The zero-order valence-corrected chi connectivity index (χ0v) is 11.8. The lowest BCUT2D eigenvalue weighted by Crippen LogP contribution is -2.08. The largest absolute Gasteiger partial charge is 0.507 e. The highest BCUT2D eigenvalue weighted by molar-refractivity contribution is 14.1. The van der Waals surface area contributed by atoms with Crippen molar-refractivity contribution in [1.82, 2.24) is 0 Å². The number of carbonyl (C=O) groups excluding carboxylic acids is 2. The van der Waals surface area contributed by atoms with Gasteiger partial charge in [0.2, 0.25) is 0 Å². The van der Waals surface area contributed by atoms with Gasteiger partial charge in [-0.05, 0) is 59.0 Å². The molecule has 2 aromatic rings. The van der Waals surface area contributed by atoms with Crippen LogP contribution in [-0.4, -0.2) is 17.4 Å². The molecule has 2 rings (SSSR count). The monoisotopic (exact) mass is 368 g/mol. The molecular weight excluding hydrogens is 359 g/mol. The molecule has 0 heterocycles. The molecule has 0 radical (unpaired) electrons. The number of aromatic hydroxyl groups is 1. The average Bonchev–Trinajstić information content (AvgIpc) is 2.39. The summed E-state index contributed by atoms with van der Waals surface area (Å²) in [7, 11) is 0. The van der Waals surface area contributed by atoms with Crippen LogP contribution >= 0.6 is 22.6 Å². The van der Waals surface area contributed by atoms with Crippen molar-refractivity contribution < 1.29 is 19.4 Å². The van der Waals surface area contributed by atoms with Crippen molar-refractivity contribution in [3.63, 3.8) is 0 Å². The van der Waals surface area contributed by atoms with Crippen LogP contribution in [0.5, 0.6) is 11.5 Å². The average molecular weight is 368 g/mol. The Hall–Kier alpha value is -1.89. The smallest absolute Gasteiger partial charge is 0.343 e. The number of benzene rings is 2. The first-order valence-corrected chi connectivity index (χ1v) is 6.44. The van der Waals surface area contributed by atoms with Crippen molar-refractivity contribution in [2.24, 2.45) is 0 Å². The molecule has 19 heavy (non-hydrogen) atoms. The van der Waals surface area contributed by atoms with Gasteiger partial charge in [0.25, 0.3) is 0 Å². The number of aldehydes is 1. The van der Waals surface area contributed by atoms with Crippen molar-refractivity contribution in [3.05, 3.63) is 57.2 Å². The predicted octanol–water partition coefficient (Wildman–Crippen LogP) is 3.03. The second kappa shape index (κ2) is 5.83. The first-order chi connectivity index (χ1) is 9.10. The van der Waals surface area contributed by atoms with Crippen molar-refractivity contribution in [2.45, 2.75) is 0 Å². The van der Waals surface area contributed by atoms with E-state index >= 15 is 0 Å². The third-order valence-electron chi connectivity index (χ3n) is 2.42.